The SMILES string of the molecule is Cc1cccc(NC(=O)/C(C#N)=C\c2c(Oc3ccccc3Cl)nc3c(C)cccn3c2=O)c1. The summed E-state index contributed by atoms with van der Waals surface area (Å²) in [5, 5.41) is 12.7. The number of hydrogen-bond acceptors (Lipinski definition) is 5. The van der Waals surface area contributed by atoms with Crippen molar-refractivity contribution in [1.29, 1.82) is 5.26 Å². The molecular weight excluding hydrogens is 452 g/mol. The summed E-state index contributed by atoms with van der Waals surface area (Å²) in [6.45, 7) is 3.70. The summed E-state index contributed by atoms with van der Waals surface area (Å²) in [5.41, 5.74) is 1.78. The summed E-state index contributed by atoms with van der Waals surface area (Å²) in [7, 11) is 0. The van der Waals surface area contributed by atoms with Gasteiger partial charge in [0, 0.05) is 11.9 Å². The van der Waals surface area contributed by atoms with E-state index >= 15 is 0 Å². The summed E-state index contributed by atoms with van der Waals surface area (Å²) >= 11 is 6.23. The zero-order chi connectivity index (χ0) is 24.2. The van der Waals surface area contributed by atoms with Gasteiger partial charge in [0.2, 0.25) is 5.88 Å². The van der Waals surface area contributed by atoms with Gasteiger partial charge >= 0.3 is 0 Å². The zero-order valence-corrected chi connectivity index (χ0v) is 19.1. The van der Waals surface area contributed by atoms with E-state index in [1.807, 2.05) is 32.0 Å². The minimum absolute atomic E-state index is 0.0565. The van der Waals surface area contributed by atoms with Crippen molar-refractivity contribution in [3.8, 4) is 17.7 Å². The molecule has 2 aromatic carbocycles. The quantitative estimate of drug-likeness (QED) is 0.315. The summed E-state index contributed by atoms with van der Waals surface area (Å²) < 4.78 is 7.24. The van der Waals surface area contributed by atoms with Crippen LogP contribution in [0, 0.1) is 25.2 Å². The molecule has 1 amide bonds. The van der Waals surface area contributed by atoms with Gasteiger partial charge in [-0.05, 0) is 61.4 Å². The highest BCUT2D eigenvalue weighted by molar-refractivity contribution is 6.32. The van der Waals surface area contributed by atoms with E-state index in [0.29, 0.717) is 16.4 Å². The Morgan fingerprint density at radius 2 is 1.94 bits per heavy atom. The third kappa shape index (κ3) is 4.68. The molecule has 7 nitrogen and oxygen atoms in total. The van der Waals surface area contributed by atoms with E-state index in [0.717, 1.165) is 11.1 Å². The number of nitrogens with one attached hydrogen (secondary N) is 1. The molecule has 4 aromatic rings. The van der Waals surface area contributed by atoms with Crippen molar-refractivity contribution in [2.45, 2.75) is 13.8 Å². The molecule has 0 atom stereocenters. The van der Waals surface area contributed by atoms with E-state index in [1.165, 1.54) is 10.5 Å². The van der Waals surface area contributed by atoms with Gasteiger partial charge < -0.3 is 10.1 Å². The first-order valence-corrected chi connectivity index (χ1v) is 10.7. The number of nitrogens with zero attached hydrogens (tertiary/aromatic N) is 3. The number of benzene rings is 2. The monoisotopic (exact) mass is 470 g/mol. The van der Waals surface area contributed by atoms with E-state index in [-0.39, 0.29) is 22.8 Å². The maximum Gasteiger partial charge on any atom is 0.269 e. The summed E-state index contributed by atoms with van der Waals surface area (Å²) in [6.07, 6.45) is 2.74. The second-order valence-corrected chi connectivity index (χ2v) is 7.95. The first kappa shape index (κ1) is 22.8. The normalized spacial score (nSPS) is 11.2. The van der Waals surface area contributed by atoms with Crippen LogP contribution in [0.25, 0.3) is 11.7 Å². The molecule has 8 heteroatoms. The third-order valence-corrected chi connectivity index (χ3v) is 5.33. The van der Waals surface area contributed by atoms with E-state index in [4.69, 9.17) is 16.3 Å². The standard InChI is InChI=1S/C26H19ClN4O3/c1-16-7-5-9-19(13-16)29-24(32)18(15-28)14-20-25(34-22-11-4-3-10-21(22)27)30-23-17(2)8-6-12-31(23)26(20)33/h3-14H,1-2H3,(H,29,32)/b18-14-. The maximum atomic E-state index is 13.4. The van der Waals surface area contributed by atoms with Gasteiger partial charge in [-0.25, -0.2) is 0 Å². The number of pyridine rings is 1. The molecule has 0 aliphatic rings. The van der Waals surface area contributed by atoms with E-state index in [2.05, 4.69) is 10.3 Å². The number of carbonyl (C=O) groups is 1. The number of anilines is 1. The average molecular weight is 471 g/mol. The Hall–Kier alpha value is -4.41. The average Bonchev–Trinajstić information content (AvgIpc) is 2.81. The Kier molecular flexibility index (Phi) is 6.44. The maximum absolute atomic E-state index is 13.4. The Morgan fingerprint density at radius 3 is 2.68 bits per heavy atom. The number of fused-ring (bicyclic) bond motifs is 1. The first-order chi connectivity index (χ1) is 16.4. The number of rotatable bonds is 5. The van der Waals surface area contributed by atoms with Crippen molar-refractivity contribution < 1.29 is 9.53 Å². The number of amides is 1. The van der Waals surface area contributed by atoms with Crippen LogP contribution in [0.1, 0.15) is 16.7 Å². The number of hydrogen-bond donors (Lipinski definition) is 1. The Bertz CT molecular complexity index is 1550. The number of carbonyl (C=O) groups excluding carboxylic acids is 1. The molecule has 0 aliphatic heterocycles. The fraction of sp³-hybridized carbons (Fsp3) is 0.0769. The van der Waals surface area contributed by atoms with Crippen molar-refractivity contribution in [2.24, 2.45) is 0 Å². The van der Waals surface area contributed by atoms with Crippen LogP contribution in [0.3, 0.4) is 0 Å². The molecule has 0 unspecified atom stereocenters. The lowest BCUT2D eigenvalue weighted by atomic mass is 10.1. The van der Waals surface area contributed by atoms with E-state index in [9.17, 15) is 14.9 Å². The largest absolute Gasteiger partial charge is 0.437 e. The fourth-order valence-corrected chi connectivity index (χ4v) is 3.51. The molecule has 0 aliphatic carbocycles. The van der Waals surface area contributed by atoms with Crippen LogP contribution >= 0.6 is 11.6 Å². The van der Waals surface area contributed by atoms with Crippen LogP contribution in [0.2, 0.25) is 5.02 Å². The van der Waals surface area contributed by atoms with Crippen LogP contribution < -0.4 is 15.6 Å². The molecule has 0 spiro atoms. The zero-order valence-electron chi connectivity index (χ0n) is 18.4. The lowest BCUT2D eigenvalue weighted by Crippen LogP contribution is -2.20. The number of para-hydroxylation sites is 1. The molecule has 0 saturated carbocycles. The van der Waals surface area contributed by atoms with Gasteiger partial charge in [-0.1, -0.05) is 41.9 Å². The second kappa shape index (κ2) is 9.61. The number of aromatic nitrogens is 2. The Morgan fingerprint density at radius 1 is 1.15 bits per heavy atom. The molecule has 4 rings (SSSR count). The molecule has 1 N–H and O–H groups in total. The van der Waals surface area contributed by atoms with Crippen molar-refractivity contribution in [3.05, 3.63) is 105 Å². The highest BCUT2D eigenvalue weighted by Gasteiger charge is 2.19. The minimum atomic E-state index is -0.662. The number of ether oxygens (including phenoxy) is 1. The molecule has 2 aromatic heterocycles. The van der Waals surface area contributed by atoms with E-state index in [1.54, 1.807) is 54.7 Å². The predicted octanol–water partition coefficient (Wildman–Crippen LogP) is 5.30. The van der Waals surface area contributed by atoms with Gasteiger partial charge in [0.1, 0.15) is 28.6 Å². The van der Waals surface area contributed by atoms with Crippen LogP contribution in [-0.4, -0.2) is 15.3 Å². The van der Waals surface area contributed by atoms with Crippen LogP contribution in [-0.2, 0) is 4.79 Å². The second-order valence-electron chi connectivity index (χ2n) is 7.55. The van der Waals surface area contributed by atoms with Gasteiger partial charge in [0.15, 0.2) is 0 Å². The summed E-state index contributed by atoms with van der Waals surface area (Å²) in [5.74, 6) is -0.444. The molecule has 0 saturated heterocycles. The summed E-state index contributed by atoms with van der Waals surface area (Å²) in [4.78, 5) is 30.7. The van der Waals surface area contributed by atoms with Gasteiger partial charge in [-0.2, -0.15) is 10.2 Å². The fourth-order valence-electron chi connectivity index (χ4n) is 3.34. The highest BCUT2D eigenvalue weighted by Crippen LogP contribution is 2.30. The van der Waals surface area contributed by atoms with Crippen LogP contribution in [0.5, 0.6) is 11.6 Å². The van der Waals surface area contributed by atoms with Gasteiger partial charge in [-0.15, -0.1) is 0 Å². The van der Waals surface area contributed by atoms with Crippen molar-refractivity contribution in [1.82, 2.24) is 9.38 Å². The molecule has 34 heavy (non-hydrogen) atoms. The lowest BCUT2D eigenvalue weighted by molar-refractivity contribution is -0.112. The highest BCUT2D eigenvalue weighted by atomic mass is 35.5. The number of aryl methyl sites for hydroxylation is 2. The van der Waals surface area contributed by atoms with Gasteiger partial charge in [0.25, 0.3) is 11.5 Å². The number of halogens is 1. The molecular formula is C26H19ClN4O3. The molecule has 0 radical (unpaired) electrons. The Labute approximate surface area is 200 Å². The predicted molar refractivity (Wildman–Crippen MR) is 131 cm³/mol. The van der Waals surface area contributed by atoms with Crippen LogP contribution in [0.4, 0.5) is 5.69 Å². The first-order valence-electron chi connectivity index (χ1n) is 10.3. The smallest absolute Gasteiger partial charge is 0.269 e. The van der Waals surface area contributed by atoms with Gasteiger partial charge in [-0.3, -0.25) is 14.0 Å². The molecule has 2 heterocycles. The molecule has 0 bridgehead atoms. The lowest BCUT2D eigenvalue weighted by Gasteiger charge is -2.12. The minimum Gasteiger partial charge on any atom is -0.437 e. The van der Waals surface area contributed by atoms with Crippen molar-refractivity contribution in [2.75, 3.05) is 5.32 Å². The van der Waals surface area contributed by atoms with Crippen molar-refractivity contribution in [3.63, 3.8) is 0 Å². The topological polar surface area (TPSA) is 96.5 Å². The van der Waals surface area contributed by atoms with E-state index < -0.39 is 11.5 Å². The third-order valence-electron chi connectivity index (χ3n) is 5.02. The summed E-state index contributed by atoms with van der Waals surface area (Å²) in [6, 6.07) is 19.3. The molecule has 0 fully saturated rings. The van der Waals surface area contributed by atoms with Gasteiger partial charge in [0.05, 0.1) is 5.02 Å². The Balaban J connectivity index is 1.85. The number of nitriles is 1. The van der Waals surface area contributed by atoms with Crippen molar-refractivity contribution >= 4 is 34.9 Å². The molecule has 168 valence electrons. The van der Waals surface area contributed by atoms with Crippen LogP contribution in [0.15, 0.2) is 77.2 Å².